The third-order valence-corrected chi connectivity index (χ3v) is 3.14. The smallest absolute Gasteiger partial charge is 0.411 e. The minimum atomic E-state index is -0.511. The number of anilines is 2. The number of carbonyl (C=O) groups excluding carboxylic acids is 2. The number of hydrogen-bond acceptors (Lipinski definition) is 5. The Kier molecular flexibility index (Phi) is 5.13. The Morgan fingerprint density at radius 2 is 1.86 bits per heavy atom. The molecule has 0 radical (unpaired) electrons. The van der Waals surface area contributed by atoms with Crippen LogP contribution >= 0.6 is 0 Å². The van der Waals surface area contributed by atoms with Crippen molar-refractivity contribution >= 4 is 23.4 Å². The second-order valence-electron chi connectivity index (χ2n) is 4.72. The zero-order chi connectivity index (χ0) is 15.2. The van der Waals surface area contributed by atoms with Crippen molar-refractivity contribution in [2.75, 3.05) is 30.5 Å². The third-order valence-electron chi connectivity index (χ3n) is 3.14. The van der Waals surface area contributed by atoms with Gasteiger partial charge in [0.1, 0.15) is 0 Å². The number of nitrogens with one attached hydrogen (secondary N) is 2. The first kappa shape index (κ1) is 15.3. The zero-order valence-electron chi connectivity index (χ0n) is 11.8. The Labute approximate surface area is 122 Å². The van der Waals surface area contributed by atoms with Gasteiger partial charge in [0, 0.05) is 17.4 Å². The molecule has 0 saturated carbocycles. The summed E-state index contributed by atoms with van der Waals surface area (Å²) < 4.78 is 9.94. The average Bonchev–Trinajstić information content (AvgIpc) is 2.87. The second kappa shape index (κ2) is 7.05. The molecule has 1 aromatic rings. The quantitative estimate of drug-likeness (QED) is 0.773. The lowest BCUT2D eigenvalue weighted by Gasteiger charge is -2.13. The van der Waals surface area contributed by atoms with Crippen LogP contribution in [0.5, 0.6) is 0 Å². The molecule has 1 aliphatic heterocycles. The molecule has 0 bridgehead atoms. The molecule has 1 aliphatic rings. The maximum absolute atomic E-state index is 12.0. The van der Waals surface area contributed by atoms with E-state index in [1.165, 1.54) is 0 Å². The Morgan fingerprint density at radius 1 is 1.24 bits per heavy atom. The van der Waals surface area contributed by atoms with E-state index in [1.807, 2.05) is 0 Å². The van der Waals surface area contributed by atoms with Crippen LogP contribution in [0.3, 0.4) is 0 Å². The van der Waals surface area contributed by atoms with Crippen molar-refractivity contribution in [2.45, 2.75) is 13.0 Å². The summed E-state index contributed by atoms with van der Waals surface area (Å²) in [6.07, 6.45) is -0.511. The van der Waals surface area contributed by atoms with Crippen LogP contribution in [0.1, 0.15) is 6.92 Å². The maximum Gasteiger partial charge on any atom is 0.411 e. The SMILES string of the molecule is CCOC(=O)Nc1ccc(NC(=O)C2COCC2N)cc1. The summed E-state index contributed by atoms with van der Waals surface area (Å²) in [5, 5.41) is 5.35. The molecule has 7 nitrogen and oxygen atoms in total. The standard InChI is InChI=1S/C14H19N3O4/c1-2-21-14(19)17-10-5-3-9(4-6-10)16-13(18)11-7-20-8-12(11)15/h3-6,11-12H,2,7-8,15H2,1H3,(H,16,18)(H,17,19). The molecular weight excluding hydrogens is 274 g/mol. The number of hydrogen-bond donors (Lipinski definition) is 3. The van der Waals surface area contributed by atoms with E-state index in [0.29, 0.717) is 31.2 Å². The topological polar surface area (TPSA) is 103 Å². The molecule has 0 spiro atoms. The molecule has 1 aromatic carbocycles. The van der Waals surface area contributed by atoms with Crippen molar-refractivity contribution in [3.63, 3.8) is 0 Å². The summed E-state index contributed by atoms with van der Waals surface area (Å²) in [5.41, 5.74) is 7.02. The molecule has 2 unspecified atom stereocenters. The molecule has 0 aromatic heterocycles. The van der Waals surface area contributed by atoms with Crippen LogP contribution in [0.15, 0.2) is 24.3 Å². The van der Waals surface area contributed by atoms with E-state index in [-0.39, 0.29) is 17.9 Å². The van der Waals surface area contributed by atoms with Crippen molar-refractivity contribution in [2.24, 2.45) is 11.7 Å². The zero-order valence-corrected chi connectivity index (χ0v) is 11.8. The minimum absolute atomic E-state index is 0.161. The highest BCUT2D eigenvalue weighted by Crippen LogP contribution is 2.17. The number of carbonyl (C=O) groups is 2. The number of rotatable bonds is 4. The van der Waals surface area contributed by atoms with E-state index in [1.54, 1.807) is 31.2 Å². The fourth-order valence-electron chi connectivity index (χ4n) is 2.00. The first-order chi connectivity index (χ1) is 10.1. The molecule has 1 heterocycles. The molecule has 2 atom stereocenters. The molecule has 21 heavy (non-hydrogen) atoms. The second-order valence-corrected chi connectivity index (χ2v) is 4.72. The lowest BCUT2D eigenvalue weighted by atomic mass is 10.0. The molecular formula is C14H19N3O4. The van der Waals surface area contributed by atoms with E-state index in [0.717, 1.165) is 0 Å². The van der Waals surface area contributed by atoms with Gasteiger partial charge in [-0.2, -0.15) is 0 Å². The molecule has 0 aliphatic carbocycles. The van der Waals surface area contributed by atoms with Crippen LogP contribution in [-0.2, 0) is 14.3 Å². The summed E-state index contributed by atoms with van der Waals surface area (Å²) in [7, 11) is 0. The molecule has 1 fully saturated rings. The predicted molar refractivity (Wildman–Crippen MR) is 78.0 cm³/mol. The molecule has 2 amide bonds. The normalized spacial score (nSPS) is 20.9. The van der Waals surface area contributed by atoms with Crippen molar-refractivity contribution in [3.8, 4) is 0 Å². The fraction of sp³-hybridized carbons (Fsp3) is 0.429. The van der Waals surface area contributed by atoms with Crippen molar-refractivity contribution in [1.29, 1.82) is 0 Å². The van der Waals surface area contributed by atoms with E-state index in [4.69, 9.17) is 15.2 Å². The molecule has 114 valence electrons. The van der Waals surface area contributed by atoms with Gasteiger partial charge in [-0.05, 0) is 31.2 Å². The fourth-order valence-corrected chi connectivity index (χ4v) is 2.00. The largest absolute Gasteiger partial charge is 0.450 e. The van der Waals surface area contributed by atoms with Crippen molar-refractivity contribution < 1.29 is 19.1 Å². The van der Waals surface area contributed by atoms with Crippen molar-refractivity contribution in [3.05, 3.63) is 24.3 Å². The van der Waals surface area contributed by atoms with Crippen LogP contribution < -0.4 is 16.4 Å². The molecule has 2 rings (SSSR count). The highest BCUT2D eigenvalue weighted by Gasteiger charge is 2.31. The highest BCUT2D eigenvalue weighted by atomic mass is 16.5. The van der Waals surface area contributed by atoms with Gasteiger partial charge >= 0.3 is 6.09 Å². The van der Waals surface area contributed by atoms with Crippen LogP contribution in [0.2, 0.25) is 0 Å². The Morgan fingerprint density at radius 3 is 2.38 bits per heavy atom. The van der Waals surface area contributed by atoms with Gasteiger partial charge in [-0.15, -0.1) is 0 Å². The van der Waals surface area contributed by atoms with Crippen LogP contribution in [0.25, 0.3) is 0 Å². The lowest BCUT2D eigenvalue weighted by Crippen LogP contribution is -2.37. The summed E-state index contributed by atoms with van der Waals surface area (Å²) >= 11 is 0. The number of amides is 2. The van der Waals surface area contributed by atoms with Gasteiger partial charge in [0.15, 0.2) is 0 Å². The molecule has 1 saturated heterocycles. The molecule has 7 heteroatoms. The van der Waals surface area contributed by atoms with Gasteiger partial charge < -0.3 is 20.5 Å². The van der Waals surface area contributed by atoms with Crippen LogP contribution in [-0.4, -0.2) is 37.9 Å². The first-order valence-corrected chi connectivity index (χ1v) is 6.78. The minimum Gasteiger partial charge on any atom is -0.450 e. The van der Waals surface area contributed by atoms with Gasteiger partial charge in [-0.1, -0.05) is 0 Å². The lowest BCUT2D eigenvalue weighted by molar-refractivity contribution is -0.120. The Bertz CT molecular complexity index is 503. The first-order valence-electron chi connectivity index (χ1n) is 6.78. The van der Waals surface area contributed by atoms with Crippen LogP contribution in [0.4, 0.5) is 16.2 Å². The van der Waals surface area contributed by atoms with Crippen molar-refractivity contribution in [1.82, 2.24) is 0 Å². The van der Waals surface area contributed by atoms with Gasteiger partial charge in [-0.25, -0.2) is 4.79 Å². The predicted octanol–water partition coefficient (Wildman–Crippen LogP) is 1.17. The van der Waals surface area contributed by atoms with E-state index >= 15 is 0 Å². The van der Waals surface area contributed by atoms with E-state index in [9.17, 15) is 9.59 Å². The summed E-state index contributed by atoms with van der Waals surface area (Å²) in [5.74, 6) is -0.492. The van der Waals surface area contributed by atoms with Gasteiger partial charge in [0.2, 0.25) is 5.91 Å². The summed E-state index contributed by atoms with van der Waals surface area (Å²) in [6, 6.07) is 6.48. The maximum atomic E-state index is 12.0. The van der Waals surface area contributed by atoms with E-state index in [2.05, 4.69) is 10.6 Å². The summed E-state index contributed by atoms with van der Waals surface area (Å²) in [6.45, 7) is 2.79. The van der Waals surface area contributed by atoms with E-state index < -0.39 is 6.09 Å². The summed E-state index contributed by atoms with van der Waals surface area (Å²) in [4.78, 5) is 23.3. The average molecular weight is 293 g/mol. The van der Waals surface area contributed by atoms with Gasteiger partial charge in [-0.3, -0.25) is 10.1 Å². The third kappa shape index (κ3) is 4.17. The number of nitrogens with two attached hydrogens (primary N) is 1. The monoisotopic (exact) mass is 293 g/mol. The van der Waals surface area contributed by atoms with Gasteiger partial charge in [0.05, 0.1) is 25.7 Å². The van der Waals surface area contributed by atoms with Gasteiger partial charge in [0.25, 0.3) is 0 Å². The Balaban J connectivity index is 1.90. The number of benzene rings is 1. The number of ether oxygens (including phenoxy) is 2. The van der Waals surface area contributed by atoms with Crippen LogP contribution in [0, 0.1) is 5.92 Å². The highest BCUT2D eigenvalue weighted by molar-refractivity contribution is 5.93. The molecule has 4 N–H and O–H groups in total. The Hall–Kier alpha value is -2.12.